The fraction of sp³-hybridized carbons (Fsp3) is 0.278. The fourth-order valence-electron chi connectivity index (χ4n) is 2.88. The molecule has 3 aromatic rings. The Bertz CT molecular complexity index is 881. The normalized spacial score (nSPS) is 19.6. The van der Waals surface area contributed by atoms with Crippen LogP contribution < -0.4 is 16.2 Å². The lowest BCUT2D eigenvalue weighted by Crippen LogP contribution is -2.36. The number of hydrogen-bond donors (Lipinski definition) is 3. The number of halogens is 1. The molecule has 7 nitrogen and oxygen atoms in total. The first-order chi connectivity index (χ1) is 12.7. The number of pyridine rings is 1. The quantitative estimate of drug-likeness (QED) is 0.649. The molecule has 0 amide bonds. The van der Waals surface area contributed by atoms with Crippen LogP contribution in [-0.2, 0) is 0 Å². The van der Waals surface area contributed by atoms with Crippen molar-refractivity contribution in [3.63, 3.8) is 0 Å². The van der Waals surface area contributed by atoms with Crippen molar-refractivity contribution < 1.29 is 8.91 Å². The van der Waals surface area contributed by atoms with Gasteiger partial charge in [-0.15, -0.1) is 0 Å². The van der Waals surface area contributed by atoms with Crippen molar-refractivity contribution in [1.29, 1.82) is 0 Å². The van der Waals surface area contributed by atoms with E-state index in [0.717, 1.165) is 18.8 Å². The third-order valence-electron chi connectivity index (χ3n) is 4.25. The van der Waals surface area contributed by atoms with Crippen molar-refractivity contribution in [3.8, 4) is 22.8 Å². The molecule has 134 valence electrons. The van der Waals surface area contributed by atoms with Crippen LogP contribution in [0.15, 0.2) is 47.1 Å². The van der Waals surface area contributed by atoms with E-state index >= 15 is 0 Å². The molecule has 3 heterocycles. The van der Waals surface area contributed by atoms with Gasteiger partial charge in [-0.3, -0.25) is 10.9 Å². The maximum Gasteiger partial charge on any atom is 0.259 e. The van der Waals surface area contributed by atoms with Crippen LogP contribution in [0.2, 0.25) is 0 Å². The van der Waals surface area contributed by atoms with Gasteiger partial charge in [0.15, 0.2) is 0 Å². The lowest BCUT2D eigenvalue weighted by atomic mass is 10.1. The Labute approximate surface area is 150 Å². The Morgan fingerprint density at radius 1 is 1.23 bits per heavy atom. The van der Waals surface area contributed by atoms with Gasteiger partial charge in [-0.05, 0) is 37.6 Å². The van der Waals surface area contributed by atoms with Gasteiger partial charge in [0.1, 0.15) is 11.6 Å². The molecular formula is C18H19FN6O. The number of rotatable bonds is 5. The standard InChI is InChI=1S/C18H19FN6O/c1-11-8-13(24-23-11)10-21-16-7-6-12(9-20-16)18-22-17(25-26-18)14-4-2-3-5-15(14)19/h2-7,9,11,13,23-24H,8,10H2,1H3,(H,20,21). The zero-order chi connectivity index (χ0) is 17.9. The van der Waals surface area contributed by atoms with Crippen molar-refractivity contribution in [2.75, 3.05) is 11.9 Å². The summed E-state index contributed by atoms with van der Waals surface area (Å²) in [5.41, 5.74) is 7.41. The van der Waals surface area contributed by atoms with E-state index in [-0.39, 0.29) is 11.6 Å². The van der Waals surface area contributed by atoms with Crippen LogP contribution in [0.1, 0.15) is 13.3 Å². The van der Waals surface area contributed by atoms with Gasteiger partial charge < -0.3 is 9.84 Å². The number of hydrazine groups is 1. The van der Waals surface area contributed by atoms with Crippen LogP contribution >= 0.6 is 0 Å². The van der Waals surface area contributed by atoms with Crippen LogP contribution in [-0.4, -0.2) is 33.8 Å². The summed E-state index contributed by atoms with van der Waals surface area (Å²) in [5, 5.41) is 7.15. The van der Waals surface area contributed by atoms with Gasteiger partial charge in [-0.2, -0.15) is 4.98 Å². The predicted octanol–water partition coefficient (Wildman–Crippen LogP) is 2.60. The Morgan fingerprint density at radius 3 is 2.85 bits per heavy atom. The fourth-order valence-corrected chi connectivity index (χ4v) is 2.88. The van der Waals surface area contributed by atoms with Crippen molar-refractivity contribution in [1.82, 2.24) is 26.0 Å². The number of nitrogens with one attached hydrogen (secondary N) is 3. The van der Waals surface area contributed by atoms with Crippen molar-refractivity contribution in [2.24, 2.45) is 0 Å². The van der Waals surface area contributed by atoms with E-state index in [9.17, 15) is 4.39 Å². The van der Waals surface area contributed by atoms with E-state index in [0.29, 0.717) is 29.1 Å². The second-order valence-corrected chi connectivity index (χ2v) is 6.34. The van der Waals surface area contributed by atoms with Gasteiger partial charge in [0.2, 0.25) is 5.82 Å². The molecule has 0 spiro atoms. The van der Waals surface area contributed by atoms with Crippen LogP contribution in [0.4, 0.5) is 10.2 Å². The molecule has 2 aromatic heterocycles. The average molecular weight is 354 g/mol. The predicted molar refractivity (Wildman–Crippen MR) is 95.6 cm³/mol. The van der Waals surface area contributed by atoms with Gasteiger partial charge in [0.25, 0.3) is 5.89 Å². The molecule has 2 unspecified atom stereocenters. The summed E-state index contributed by atoms with van der Waals surface area (Å²) in [4.78, 5) is 8.64. The van der Waals surface area contributed by atoms with Gasteiger partial charge in [0.05, 0.1) is 11.1 Å². The minimum Gasteiger partial charge on any atom is -0.368 e. The van der Waals surface area contributed by atoms with Crippen LogP contribution in [0, 0.1) is 5.82 Å². The monoisotopic (exact) mass is 354 g/mol. The van der Waals surface area contributed by atoms with Crippen LogP contribution in [0.5, 0.6) is 0 Å². The molecule has 4 rings (SSSR count). The number of hydrogen-bond acceptors (Lipinski definition) is 7. The Hall–Kier alpha value is -2.84. The van der Waals surface area contributed by atoms with Gasteiger partial charge in [-0.1, -0.05) is 17.3 Å². The largest absolute Gasteiger partial charge is 0.368 e. The number of nitrogens with zero attached hydrogens (tertiary/aromatic N) is 3. The zero-order valence-electron chi connectivity index (χ0n) is 14.2. The summed E-state index contributed by atoms with van der Waals surface area (Å²) < 4.78 is 19.1. The highest BCUT2D eigenvalue weighted by molar-refractivity contribution is 5.60. The summed E-state index contributed by atoms with van der Waals surface area (Å²) in [6.07, 6.45) is 2.72. The summed E-state index contributed by atoms with van der Waals surface area (Å²) >= 11 is 0. The number of aromatic nitrogens is 3. The average Bonchev–Trinajstić information content (AvgIpc) is 3.30. The molecule has 1 fully saturated rings. The SMILES string of the molecule is CC1CC(CNc2ccc(-c3nc(-c4ccccc4F)no3)cn2)NN1. The van der Waals surface area contributed by atoms with E-state index in [2.05, 4.69) is 38.2 Å². The molecule has 0 aliphatic carbocycles. The third kappa shape index (κ3) is 3.56. The molecule has 26 heavy (non-hydrogen) atoms. The summed E-state index contributed by atoms with van der Waals surface area (Å²) in [6.45, 7) is 2.92. The first kappa shape index (κ1) is 16.6. The topological polar surface area (TPSA) is 87.9 Å². The molecule has 1 saturated heterocycles. The summed E-state index contributed by atoms with van der Waals surface area (Å²) in [5.74, 6) is 0.901. The minimum atomic E-state index is -0.387. The maximum atomic E-state index is 13.8. The van der Waals surface area contributed by atoms with Gasteiger partial charge in [0, 0.05) is 24.8 Å². The Balaban J connectivity index is 1.43. The molecular weight excluding hydrogens is 335 g/mol. The number of benzene rings is 1. The molecule has 0 radical (unpaired) electrons. The number of anilines is 1. The molecule has 0 bridgehead atoms. The molecule has 3 N–H and O–H groups in total. The van der Waals surface area contributed by atoms with E-state index in [1.807, 2.05) is 12.1 Å². The first-order valence-corrected chi connectivity index (χ1v) is 8.49. The lowest BCUT2D eigenvalue weighted by Gasteiger charge is -2.11. The molecule has 2 atom stereocenters. The second kappa shape index (κ2) is 7.19. The summed E-state index contributed by atoms with van der Waals surface area (Å²) in [6, 6.07) is 10.9. The highest BCUT2D eigenvalue weighted by atomic mass is 19.1. The zero-order valence-corrected chi connectivity index (χ0v) is 14.2. The third-order valence-corrected chi connectivity index (χ3v) is 4.25. The molecule has 1 aliphatic rings. The Morgan fingerprint density at radius 2 is 2.12 bits per heavy atom. The van der Waals surface area contributed by atoms with Crippen LogP contribution in [0.25, 0.3) is 22.8 Å². The van der Waals surface area contributed by atoms with Crippen molar-refractivity contribution >= 4 is 5.82 Å². The maximum absolute atomic E-state index is 13.8. The van der Waals surface area contributed by atoms with E-state index in [1.54, 1.807) is 24.4 Å². The van der Waals surface area contributed by atoms with Crippen molar-refractivity contribution in [2.45, 2.75) is 25.4 Å². The molecule has 0 saturated carbocycles. The highest BCUT2D eigenvalue weighted by Crippen LogP contribution is 2.24. The molecule has 1 aliphatic heterocycles. The van der Waals surface area contributed by atoms with Crippen molar-refractivity contribution in [3.05, 3.63) is 48.4 Å². The van der Waals surface area contributed by atoms with Crippen LogP contribution in [0.3, 0.4) is 0 Å². The lowest BCUT2D eigenvalue weighted by molar-refractivity contribution is 0.431. The molecule has 8 heteroatoms. The molecule has 1 aromatic carbocycles. The second-order valence-electron chi connectivity index (χ2n) is 6.34. The van der Waals surface area contributed by atoms with Gasteiger partial charge in [-0.25, -0.2) is 9.37 Å². The van der Waals surface area contributed by atoms with E-state index in [1.165, 1.54) is 6.07 Å². The van der Waals surface area contributed by atoms with E-state index in [4.69, 9.17) is 4.52 Å². The minimum absolute atomic E-state index is 0.217. The summed E-state index contributed by atoms with van der Waals surface area (Å²) in [7, 11) is 0. The first-order valence-electron chi connectivity index (χ1n) is 8.49. The highest BCUT2D eigenvalue weighted by Gasteiger charge is 2.19. The Kier molecular flexibility index (Phi) is 4.59. The van der Waals surface area contributed by atoms with E-state index < -0.39 is 0 Å². The smallest absolute Gasteiger partial charge is 0.259 e. The van der Waals surface area contributed by atoms with Gasteiger partial charge >= 0.3 is 0 Å².